The molecule has 4 rings (SSSR count). The molecule has 2 heterocycles. The number of aromatic nitrogens is 2. The van der Waals surface area contributed by atoms with Gasteiger partial charge in [-0.3, -0.25) is 4.90 Å². The largest absolute Gasteiger partial charge is 0.415 e. The number of benzene rings is 2. The highest BCUT2D eigenvalue weighted by Gasteiger charge is 2.24. The molecular formula is C21H20F2N4O2S. The average Bonchev–Trinajstić information content (AvgIpc) is 3.29. The van der Waals surface area contributed by atoms with E-state index < -0.39 is 12.3 Å². The van der Waals surface area contributed by atoms with Crippen LogP contribution in [0, 0.1) is 0 Å². The van der Waals surface area contributed by atoms with Crippen LogP contribution < -0.4 is 4.90 Å². The van der Waals surface area contributed by atoms with E-state index in [2.05, 4.69) is 10.2 Å². The maximum Gasteiger partial charge on any atom is 0.324 e. The fourth-order valence-electron chi connectivity index (χ4n) is 3.18. The summed E-state index contributed by atoms with van der Waals surface area (Å²) >= 11 is 1.85. The quantitative estimate of drug-likeness (QED) is 0.579. The summed E-state index contributed by atoms with van der Waals surface area (Å²) in [4.78, 5) is 16.8. The standard InChI is InChI=1S/C21H20F2N4O2S/c22-18(23)20-25-24-19(29-20)16-8-6-15(7-9-16)14-27(17-4-2-1-3-5-17)21(28)26-10-12-30-13-11-26/h1-9,18H,10-14H2. The smallest absolute Gasteiger partial charge is 0.324 e. The summed E-state index contributed by atoms with van der Waals surface area (Å²) in [6.45, 7) is 1.85. The van der Waals surface area contributed by atoms with Gasteiger partial charge in [-0.2, -0.15) is 20.5 Å². The highest BCUT2D eigenvalue weighted by molar-refractivity contribution is 7.99. The Labute approximate surface area is 176 Å². The molecule has 0 spiro atoms. The van der Waals surface area contributed by atoms with Gasteiger partial charge in [0, 0.05) is 35.8 Å². The second-order valence-corrected chi connectivity index (χ2v) is 7.97. The molecule has 30 heavy (non-hydrogen) atoms. The van der Waals surface area contributed by atoms with Crippen LogP contribution in [-0.4, -0.2) is 45.7 Å². The number of anilines is 1. The van der Waals surface area contributed by atoms with Gasteiger partial charge in [0.25, 0.3) is 5.89 Å². The fourth-order valence-corrected chi connectivity index (χ4v) is 4.08. The molecule has 3 aromatic rings. The first-order chi connectivity index (χ1) is 14.6. The van der Waals surface area contributed by atoms with Gasteiger partial charge in [0.15, 0.2) is 0 Å². The number of hydrogen-bond donors (Lipinski definition) is 0. The van der Waals surface area contributed by atoms with Crippen molar-refractivity contribution in [3.63, 3.8) is 0 Å². The lowest BCUT2D eigenvalue weighted by Gasteiger charge is -2.33. The molecule has 2 amide bonds. The zero-order chi connectivity index (χ0) is 20.9. The van der Waals surface area contributed by atoms with Crippen LogP contribution in [-0.2, 0) is 6.54 Å². The summed E-state index contributed by atoms with van der Waals surface area (Å²) in [6, 6.07) is 16.6. The number of urea groups is 1. The second kappa shape index (κ2) is 9.25. The van der Waals surface area contributed by atoms with Crippen molar-refractivity contribution in [3.8, 4) is 11.5 Å². The van der Waals surface area contributed by atoms with E-state index in [0.29, 0.717) is 12.1 Å². The van der Waals surface area contributed by atoms with E-state index in [1.54, 1.807) is 17.0 Å². The minimum Gasteiger partial charge on any atom is -0.415 e. The molecule has 0 N–H and O–H groups in total. The molecule has 1 fully saturated rings. The Morgan fingerprint density at radius 2 is 1.77 bits per heavy atom. The molecule has 1 aliphatic heterocycles. The summed E-state index contributed by atoms with van der Waals surface area (Å²) in [5, 5.41) is 7.02. The minimum atomic E-state index is -2.80. The predicted molar refractivity (Wildman–Crippen MR) is 112 cm³/mol. The van der Waals surface area contributed by atoms with Crippen LogP contribution in [0.25, 0.3) is 11.5 Å². The predicted octanol–water partition coefficient (Wildman–Crippen LogP) is 4.85. The van der Waals surface area contributed by atoms with Gasteiger partial charge in [-0.15, -0.1) is 10.2 Å². The van der Waals surface area contributed by atoms with E-state index in [1.165, 1.54) is 0 Å². The maximum absolute atomic E-state index is 13.2. The monoisotopic (exact) mass is 430 g/mol. The minimum absolute atomic E-state index is 0.0240. The van der Waals surface area contributed by atoms with Crippen LogP contribution in [0.2, 0.25) is 0 Å². The number of thioether (sulfide) groups is 1. The van der Waals surface area contributed by atoms with Crippen LogP contribution in [0.5, 0.6) is 0 Å². The van der Waals surface area contributed by atoms with Crippen LogP contribution >= 0.6 is 11.8 Å². The van der Waals surface area contributed by atoms with E-state index in [1.807, 2.05) is 59.1 Å². The molecule has 1 saturated heterocycles. The van der Waals surface area contributed by atoms with Gasteiger partial charge in [-0.25, -0.2) is 4.79 Å². The Kier molecular flexibility index (Phi) is 6.27. The van der Waals surface area contributed by atoms with E-state index in [9.17, 15) is 13.6 Å². The van der Waals surface area contributed by atoms with Crippen LogP contribution in [0.1, 0.15) is 17.9 Å². The molecule has 1 aliphatic rings. The Morgan fingerprint density at radius 1 is 1.07 bits per heavy atom. The third-order valence-corrected chi connectivity index (χ3v) is 5.69. The van der Waals surface area contributed by atoms with Gasteiger partial charge in [-0.05, 0) is 29.8 Å². The van der Waals surface area contributed by atoms with Crippen LogP contribution in [0.4, 0.5) is 19.3 Å². The number of amides is 2. The van der Waals surface area contributed by atoms with Crippen LogP contribution in [0.15, 0.2) is 59.0 Å². The first-order valence-corrected chi connectivity index (χ1v) is 10.7. The molecule has 156 valence electrons. The number of carbonyl (C=O) groups excluding carboxylic acids is 1. The summed E-state index contributed by atoms with van der Waals surface area (Å²) < 4.78 is 30.3. The number of hydrogen-bond acceptors (Lipinski definition) is 5. The lowest BCUT2D eigenvalue weighted by atomic mass is 10.1. The molecule has 0 unspecified atom stereocenters. The van der Waals surface area contributed by atoms with Crippen molar-refractivity contribution in [2.24, 2.45) is 0 Å². The summed E-state index contributed by atoms with van der Waals surface area (Å²) in [7, 11) is 0. The molecule has 0 atom stereocenters. The highest BCUT2D eigenvalue weighted by Crippen LogP contribution is 2.25. The van der Waals surface area contributed by atoms with E-state index in [4.69, 9.17) is 4.42 Å². The average molecular weight is 430 g/mol. The van der Waals surface area contributed by atoms with E-state index in [0.717, 1.165) is 35.8 Å². The molecule has 0 bridgehead atoms. The van der Waals surface area contributed by atoms with Crippen molar-refractivity contribution in [1.82, 2.24) is 15.1 Å². The summed E-state index contributed by atoms with van der Waals surface area (Å²) in [5.74, 6) is 1.22. The van der Waals surface area contributed by atoms with Crippen molar-refractivity contribution in [1.29, 1.82) is 0 Å². The second-order valence-electron chi connectivity index (χ2n) is 6.75. The number of halogens is 2. The Bertz CT molecular complexity index is 976. The zero-order valence-corrected chi connectivity index (χ0v) is 16.9. The Balaban J connectivity index is 1.54. The summed E-state index contributed by atoms with van der Waals surface area (Å²) in [6.07, 6.45) is -2.80. The van der Waals surface area contributed by atoms with Gasteiger partial charge >= 0.3 is 12.5 Å². The molecule has 0 saturated carbocycles. The molecular weight excluding hydrogens is 410 g/mol. The van der Waals surface area contributed by atoms with Gasteiger partial charge in [0.05, 0.1) is 6.54 Å². The molecule has 0 aliphatic carbocycles. The van der Waals surface area contributed by atoms with Gasteiger partial charge in [0.1, 0.15) is 0 Å². The summed E-state index contributed by atoms with van der Waals surface area (Å²) in [5.41, 5.74) is 2.27. The highest BCUT2D eigenvalue weighted by atomic mass is 32.2. The topological polar surface area (TPSA) is 62.5 Å². The van der Waals surface area contributed by atoms with Crippen molar-refractivity contribution in [2.45, 2.75) is 13.0 Å². The third-order valence-electron chi connectivity index (χ3n) is 4.75. The van der Waals surface area contributed by atoms with Crippen molar-refractivity contribution in [2.75, 3.05) is 29.5 Å². The van der Waals surface area contributed by atoms with Crippen molar-refractivity contribution >= 4 is 23.5 Å². The van der Waals surface area contributed by atoms with Gasteiger partial charge in [0.2, 0.25) is 5.89 Å². The molecule has 1 aromatic heterocycles. The zero-order valence-electron chi connectivity index (χ0n) is 16.1. The number of carbonyl (C=O) groups is 1. The van der Waals surface area contributed by atoms with Crippen molar-refractivity contribution in [3.05, 3.63) is 66.1 Å². The number of alkyl halides is 2. The first kappa shape index (κ1) is 20.3. The van der Waals surface area contributed by atoms with Crippen molar-refractivity contribution < 1.29 is 18.0 Å². The third kappa shape index (κ3) is 4.62. The van der Waals surface area contributed by atoms with Gasteiger partial charge < -0.3 is 9.32 Å². The number of para-hydroxylation sites is 1. The van der Waals surface area contributed by atoms with E-state index >= 15 is 0 Å². The van der Waals surface area contributed by atoms with E-state index in [-0.39, 0.29) is 11.9 Å². The lowest BCUT2D eigenvalue weighted by molar-refractivity contribution is 0.116. The molecule has 6 nitrogen and oxygen atoms in total. The maximum atomic E-state index is 13.2. The molecule has 9 heteroatoms. The number of rotatable bonds is 5. The van der Waals surface area contributed by atoms with Crippen LogP contribution in [0.3, 0.4) is 0 Å². The Morgan fingerprint density at radius 3 is 2.40 bits per heavy atom. The first-order valence-electron chi connectivity index (χ1n) is 9.52. The lowest BCUT2D eigenvalue weighted by Crippen LogP contribution is -2.46. The Hall–Kier alpha value is -2.94. The SMILES string of the molecule is O=C(N1CCSCC1)N(Cc1ccc(-c2nnc(C(F)F)o2)cc1)c1ccccc1. The van der Waals surface area contributed by atoms with Gasteiger partial charge in [-0.1, -0.05) is 30.3 Å². The fraction of sp³-hybridized carbons (Fsp3) is 0.286. The molecule has 2 aromatic carbocycles. The number of nitrogens with zero attached hydrogens (tertiary/aromatic N) is 4. The molecule has 0 radical (unpaired) electrons. The normalized spacial score (nSPS) is 14.2.